The zero-order chi connectivity index (χ0) is 12.7. The molecule has 0 aromatic carbocycles. The molecular formula is C12H21ClN2OS. The molecule has 1 N–H and O–H groups in total. The first kappa shape index (κ1) is 14.9. The number of rotatable bonds is 8. The van der Waals surface area contributed by atoms with Gasteiger partial charge in [0, 0.05) is 19.1 Å². The van der Waals surface area contributed by atoms with Gasteiger partial charge in [0.25, 0.3) is 0 Å². The molecule has 5 heteroatoms. The summed E-state index contributed by atoms with van der Waals surface area (Å²) in [6.07, 6.45) is 0. The van der Waals surface area contributed by atoms with Crippen LogP contribution in [0.3, 0.4) is 0 Å². The van der Waals surface area contributed by atoms with E-state index in [1.54, 1.807) is 11.3 Å². The molecule has 1 atom stereocenters. The maximum Gasteiger partial charge on any atom is 0.0931 e. The van der Waals surface area contributed by atoms with Crippen LogP contribution >= 0.6 is 22.9 Å². The molecular weight excluding hydrogens is 256 g/mol. The molecule has 1 rings (SSSR count). The standard InChI is InChI=1S/C12H21ClN2OS/c1-10(11-8-12(13)17-9-11)14-4-6-16-7-5-15(2)3/h8-10,14H,4-7H2,1-3H3. The van der Waals surface area contributed by atoms with Crippen molar-refractivity contribution in [2.45, 2.75) is 13.0 Å². The smallest absolute Gasteiger partial charge is 0.0931 e. The monoisotopic (exact) mass is 276 g/mol. The van der Waals surface area contributed by atoms with Gasteiger partial charge >= 0.3 is 0 Å². The third-order valence-electron chi connectivity index (χ3n) is 2.47. The van der Waals surface area contributed by atoms with E-state index in [1.165, 1.54) is 5.56 Å². The number of hydrogen-bond donors (Lipinski definition) is 1. The molecule has 98 valence electrons. The topological polar surface area (TPSA) is 24.5 Å². The Hall–Kier alpha value is -0.130. The van der Waals surface area contributed by atoms with Crippen LogP contribution in [-0.4, -0.2) is 45.3 Å². The predicted octanol–water partition coefficient (Wildman–Crippen LogP) is 2.63. The van der Waals surface area contributed by atoms with Crippen LogP contribution in [-0.2, 0) is 4.74 Å². The van der Waals surface area contributed by atoms with Crippen LogP contribution in [0, 0.1) is 0 Å². The highest BCUT2D eigenvalue weighted by Crippen LogP contribution is 2.24. The summed E-state index contributed by atoms with van der Waals surface area (Å²) in [6, 6.07) is 2.34. The molecule has 1 heterocycles. The van der Waals surface area contributed by atoms with E-state index < -0.39 is 0 Å². The van der Waals surface area contributed by atoms with Gasteiger partial charge in [0.15, 0.2) is 0 Å². The Labute approximate surface area is 113 Å². The van der Waals surface area contributed by atoms with Crippen molar-refractivity contribution in [1.29, 1.82) is 0 Å². The van der Waals surface area contributed by atoms with Gasteiger partial charge in [0.05, 0.1) is 17.6 Å². The molecule has 0 aliphatic heterocycles. The minimum absolute atomic E-state index is 0.330. The van der Waals surface area contributed by atoms with Gasteiger partial charge in [-0.2, -0.15) is 0 Å². The second kappa shape index (κ2) is 8.06. The first-order valence-electron chi connectivity index (χ1n) is 5.79. The molecule has 0 amide bonds. The molecule has 1 unspecified atom stereocenters. The Balaban J connectivity index is 2.06. The lowest BCUT2D eigenvalue weighted by Gasteiger charge is -2.13. The lowest BCUT2D eigenvalue weighted by atomic mass is 10.2. The van der Waals surface area contributed by atoms with Gasteiger partial charge in [-0.05, 0) is 38.0 Å². The molecule has 0 saturated carbocycles. The highest BCUT2D eigenvalue weighted by Gasteiger charge is 2.06. The van der Waals surface area contributed by atoms with Crippen LogP contribution in [0.25, 0.3) is 0 Å². The summed E-state index contributed by atoms with van der Waals surface area (Å²) in [6.45, 7) is 5.50. The van der Waals surface area contributed by atoms with Crippen LogP contribution in [0.15, 0.2) is 11.4 Å². The minimum Gasteiger partial charge on any atom is -0.379 e. The third kappa shape index (κ3) is 6.38. The second-order valence-corrected chi connectivity index (χ2v) is 5.82. The summed E-state index contributed by atoms with van der Waals surface area (Å²) in [4.78, 5) is 2.11. The summed E-state index contributed by atoms with van der Waals surface area (Å²) >= 11 is 7.47. The van der Waals surface area contributed by atoms with E-state index in [9.17, 15) is 0 Å². The van der Waals surface area contributed by atoms with E-state index in [-0.39, 0.29) is 0 Å². The van der Waals surface area contributed by atoms with Crippen molar-refractivity contribution in [3.63, 3.8) is 0 Å². The van der Waals surface area contributed by atoms with Crippen LogP contribution in [0.4, 0.5) is 0 Å². The Kier molecular flexibility index (Phi) is 7.08. The number of hydrogen-bond acceptors (Lipinski definition) is 4. The number of thiophene rings is 1. The van der Waals surface area contributed by atoms with Crippen LogP contribution in [0.2, 0.25) is 4.34 Å². The largest absolute Gasteiger partial charge is 0.379 e. The molecule has 17 heavy (non-hydrogen) atoms. The number of nitrogens with zero attached hydrogens (tertiary/aromatic N) is 1. The van der Waals surface area contributed by atoms with Gasteiger partial charge < -0.3 is 15.0 Å². The van der Waals surface area contributed by atoms with E-state index in [1.807, 2.05) is 20.2 Å². The van der Waals surface area contributed by atoms with Crippen molar-refractivity contribution in [3.8, 4) is 0 Å². The normalized spacial score (nSPS) is 13.2. The van der Waals surface area contributed by atoms with Crippen LogP contribution in [0.1, 0.15) is 18.5 Å². The predicted molar refractivity (Wildman–Crippen MR) is 75.1 cm³/mol. The van der Waals surface area contributed by atoms with Crippen molar-refractivity contribution in [2.75, 3.05) is 40.4 Å². The molecule has 0 aliphatic carbocycles. The van der Waals surface area contributed by atoms with Crippen molar-refractivity contribution in [3.05, 3.63) is 21.3 Å². The zero-order valence-electron chi connectivity index (χ0n) is 10.7. The quantitative estimate of drug-likeness (QED) is 0.739. The fourth-order valence-corrected chi connectivity index (χ4v) is 2.35. The summed E-state index contributed by atoms with van der Waals surface area (Å²) in [5.41, 5.74) is 1.24. The number of ether oxygens (including phenoxy) is 1. The average molecular weight is 277 g/mol. The second-order valence-electron chi connectivity index (χ2n) is 4.28. The fraction of sp³-hybridized carbons (Fsp3) is 0.667. The van der Waals surface area contributed by atoms with Crippen LogP contribution < -0.4 is 5.32 Å². The average Bonchev–Trinajstić information content (AvgIpc) is 2.69. The summed E-state index contributed by atoms with van der Waals surface area (Å²) in [7, 11) is 4.09. The van der Waals surface area contributed by atoms with Crippen molar-refractivity contribution >= 4 is 22.9 Å². The zero-order valence-corrected chi connectivity index (χ0v) is 12.3. The maximum absolute atomic E-state index is 5.90. The highest BCUT2D eigenvalue weighted by molar-refractivity contribution is 7.14. The Morgan fingerprint density at radius 3 is 2.82 bits per heavy atom. The summed E-state index contributed by atoms with van der Waals surface area (Å²) in [5.74, 6) is 0. The van der Waals surface area contributed by atoms with Gasteiger partial charge in [0.2, 0.25) is 0 Å². The van der Waals surface area contributed by atoms with Crippen molar-refractivity contribution < 1.29 is 4.74 Å². The summed E-state index contributed by atoms with van der Waals surface area (Å²) in [5, 5.41) is 5.50. The van der Waals surface area contributed by atoms with Gasteiger partial charge in [-0.25, -0.2) is 0 Å². The van der Waals surface area contributed by atoms with Gasteiger partial charge in [-0.15, -0.1) is 11.3 Å². The van der Waals surface area contributed by atoms with Gasteiger partial charge in [-0.1, -0.05) is 11.6 Å². The Morgan fingerprint density at radius 1 is 1.47 bits per heavy atom. The van der Waals surface area contributed by atoms with E-state index in [2.05, 4.69) is 22.5 Å². The first-order valence-corrected chi connectivity index (χ1v) is 7.05. The number of likely N-dealkylation sites (N-methyl/N-ethyl adjacent to an activating group) is 1. The molecule has 0 bridgehead atoms. The molecule has 0 fully saturated rings. The van der Waals surface area contributed by atoms with Crippen molar-refractivity contribution in [1.82, 2.24) is 10.2 Å². The Morgan fingerprint density at radius 2 is 2.24 bits per heavy atom. The van der Waals surface area contributed by atoms with E-state index in [0.717, 1.165) is 30.6 Å². The lowest BCUT2D eigenvalue weighted by molar-refractivity contribution is 0.118. The highest BCUT2D eigenvalue weighted by atomic mass is 35.5. The van der Waals surface area contributed by atoms with Crippen LogP contribution in [0.5, 0.6) is 0 Å². The molecule has 0 radical (unpaired) electrons. The maximum atomic E-state index is 5.90. The fourth-order valence-electron chi connectivity index (χ4n) is 1.37. The minimum atomic E-state index is 0.330. The Bertz CT molecular complexity index is 317. The van der Waals surface area contributed by atoms with Gasteiger partial charge in [0.1, 0.15) is 0 Å². The summed E-state index contributed by atoms with van der Waals surface area (Å²) < 4.78 is 6.35. The first-order chi connectivity index (χ1) is 8.09. The molecule has 0 saturated heterocycles. The molecule has 0 aliphatic rings. The van der Waals surface area contributed by atoms with E-state index in [4.69, 9.17) is 16.3 Å². The van der Waals surface area contributed by atoms with E-state index in [0.29, 0.717) is 6.04 Å². The van der Waals surface area contributed by atoms with E-state index >= 15 is 0 Å². The lowest BCUT2D eigenvalue weighted by Crippen LogP contribution is -2.25. The number of nitrogens with one attached hydrogen (secondary N) is 1. The molecule has 1 aromatic rings. The third-order valence-corrected chi connectivity index (χ3v) is 3.58. The van der Waals surface area contributed by atoms with Gasteiger partial charge in [-0.3, -0.25) is 0 Å². The SMILES string of the molecule is CC(NCCOCCN(C)C)c1csc(Cl)c1. The molecule has 1 aromatic heterocycles. The molecule has 0 spiro atoms. The molecule has 3 nitrogen and oxygen atoms in total. The van der Waals surface area contributed by atoms with Crippen molar-refractivity contribution in [2.24, 2.45) is 0 Å². The number of halogens is 1.